The van der Waals surface area contributed by atoms with Crippen molar-refractivity contribution in [3.8, 4) is 0 Å². The lowest BCUT2D eigenvalue weighted by Gasteiger charge is -2.08. The molecule has 0 aliphatic heterocycles. The van der Waals surface area contributed by atoms with E-state index < -0.39 is 0 Å². The van der Waals surface area contributed by atoms with E-state index in [-0.39, 0.29) is 5.91 Å². The van der Waals surface area contributed by atoms with Gasteiger partial charge in [-0.05, 0) is 41.0 Å². The Hall–Kier alpha value is -3.14. The molecule has 1 amide bonds. The molecule has 0 bridgehead atoms. The monoisotopic (exact) mass is 331 g/mol. The Morgan fingerprint density at radius 2 is 1.44 bits per heavy atom. The fourth-order valence-electron chi connectivity index (χ4n) is 2.49. The average molecular weight is 331 g/mol. The zero-order valence-corrected chi connectivity index (χ0v) is 14.0. The van der Waals surface area contributed by atoms with E-state index in [1.807, 2.05) is 66.7 Å². The Balaban J connectivity index is 1.46. The van der Waals surface area contributed by atoms with Gasteiger partial charge in [-0.25, -0.2) is 0 Å². The summed E-state index contributed by atoms with van der Waals surface area (Å²) in [6.45, 7) is 1.31. The fraction of sp³-hybridized carbons (Fsp3) is 0.143. The van der Waals surface area contributed by atoms with E-state index in [9.17, 15) is 4.79 Å². The second kappa shape index (κ2) is 8.64. The molecule has 0 unspecified atom stereocenters. The highest BCUT2D eigenvalue weighted by Crippen LogP contribution is 2.11. The van der Waals surface area contributed by atoms with Crippen LogP contribution in [0.2, 0.25) is 0 Å². The number of hydrogen-bond donors (Lipinski definition) is 2. The van der Waals surface area contributed by atoms with Crippen LogP contribution >= 0.6 is 0 Å². The molecule has 0 saturated heterocycles. The van der Waals surface area contributed by atoms with E-state index in [2.05, 4.69) is 15.6 Å². The maximum atomic E-state index is 12.0. The average Bonchev–Trinajstić information content (AvgIpc) is 2.67. The molecule has 0 atom stereocenters. The minimum absolute atomic E-state index is 0.0290. The van der Waals surface area contributed by atoms with Crippen molar-refractivity contribution >= 4 is 11.6 Å². The lowest BCUT2D eigenvalue weighted by atomic mass is 10.1. The first kappa shape index (κ1) is 16.7. The number of carbonyl (C=O) groups is 1. The molecular formula is C21H21N3O. The van der Waals surface area contributed by atoms with Gasteiger partial charge >= 0.3 is 0 Å². The molecular weight excluding hydrogens is 310 g/mol. The normalized spacial score (nSPS) is 10.2. The number of aromatic nitrogens is 1. The molecule has 4 heteroatoms. The molecule has 3 rings (SSSR count). The molecule has 0 fully saturated rings. The van der Waals surface area contributed by atoms with Gasteiger partial charge in [0.15, 0.2) is 0 Å². The number of benzene rings is 2. The van der Waals surface area contributed by atoms with Crippen molar-refractivity contribution < 1.29 is 4.79 Å². The third-order valence-corrected chi connectivity index (χ3v) is 3.90. The SMILES string of the molecule is O=C(Cc1ccc(NCc2ccncc2)cc1)NCc1ccccc1. The van der Waals surface area contributed by atoms with E-state index in [1.54, 1.807) is 12.4 Å². The molecule has 0 spiro atoms. The molecule has 126 valence electrons. The van der Waals surface area contributed by atoms with Crippen molar-refractivity contribution in [2.75, 3.05) is 5.32 Å². The molecule has 0 radical (unpaired) electrons. The second-order valence-corrected chi connectivity index (χ2v) is 5.85. The topological polar surface area (TPSA) is 54.0 Å². The van der Waals surface area contributed by atoms with Crippen molar-refractivity contribution in [1.82, 2.24) is 10.3 Å². The summed E-state index contributed by atoms with van der Waals surface area (Å²) < 4.78 is 0. The van der Waals surface area contributed by atoms with Gasteiger partial charge in [-0.3, -0.25) is 9.78 Å². The van der Waals surface area contributed by atoms with Crippen molar-refractivity contribution in [2.24, 2.45) is 0 Å². The standard InChI is InChI=1S/C21H21N3O/c25-21(24-16-18-4-2-1-3-5-18)14-17-6-8-20(9-7-17)23-15-19-10-12-22-13-11-19/h1-13,23H,14-16H2,(H,24,25). The zero-order valence-electron chi connectivity index (χ0n) is 14.0. The van der Waals surface area contributed by atoms with Crippen molar-refractivity contribution in [3.05, 3.63) is 95.8 Å². The van der Waals surface area contributed by atoms with E-state index >= 15 is 0 Å². The molecule has 2 N–H and O–H groups in total. The third kappa shape index (κ3) is 5.46. The Labute approximate surface area is 147 Å². The summed E-state index contributed by atoms with van der Waals surface area (Å²) >= 11 is 0. The maximum Gasteiger partial charge on any atom is 0.224 e. The smallest absolute Gasteiger partial charge is 0.224 e. The summed E-state index contributed by atoms with van der Waals surface area (Å²) in [5.74, 6) is 0.0290. The number of nitrogens with zero attached hydrogens (tertiary/aromatic N) is 1. The van der Waals surface area contributed by atoms with Crippen LogP contribution < -0.4 is 10.6 Å². The number of nitrogens with one attached hydrogen (secondary N) is 2. The van der Waals surface area contributed by atoms with Crippen LogP contribution in [-0.4, -0.2) is 10.9 Å². The van der Waals surface area contributed by atoms with Crippen LogP contribution in [0, 0.1) is 0 Å². The number of rotatable bonds is 7. The minimum atomic E-state index is 0.0290. The van der Waals surface area contributed by atoms with Gasteiger partial charge in [0.1, 0.15) is 0 Å². The Morgan fingerprint density at radius 3 is 2.16 bits per heavy atom. The molecule has 0 aliphatic carbocycles. The molecule has 1 heterocycles. The van der Waals surface area contributed by atoms with E-state index in [4.69, 9.17) is 0 Å². The minimum Gasteiger partial charge on any atom is -0.381 e. The number of pyridine rings is 1. The summed E-state index contributed by atoms with van der Waals surface area (Å²) in [4.78, 5) is 16.1. The first-order valence-corrected chi connectivity index (χ1v) is 8.32. The van der Waals surface area contributed by atoms with Crippen LogP contribution in [0.3, 0.4) is 0 Å². The molecule has 0 aliphatic rings. The van der Waals surface area contributed by atoms with Gasteiger partial charge in [-0.1, -0.05) is 42.5 Å². The first-order valence-electron chi connectivity index (χ1n) is 8.32. The first-order chi connectivity index (χ1) is 12.3. The van der Waals surface area contributed by atoms with Crippen molar-refractivity contribution in [1.29, 1.82) is 0 Å². The van der Waals surface area contributed by atoms with Crippen LogP contribution in [0.5, 0.6) is 0 Å². The van der Waals surface area contributed by atoms with Crippen LogP contribution in [0.15, 0.2) is 79.1 Å². The van der Waals surface area contributed by atoms with Crippen LogP contribution in [0.25, 0.3) is 0 Å². The summed E-state index contributed by atoms with van der Waals surface area (Å²) in [6.07, 6.45) is 3.96. The highest BCUT2D eigenvalue weighted by atomic mass is 16.1. The Morgan fingerprint density at radius 1 is 0.760 bits per heavy atom. The molecule has 0 saturated carbocycles. The summed E-state index contributed by atoms with van der Waals surface area (Å²) in [7, 11) is 0. The Bertz CT molecular complexity index is 786. The van der Waals surface area contributed by atoms with E-state index in [0.717, 1.165) is 23.4 Å². The molecule has 2 aromatic carbocycles. The predicted octanol–water partition coefficient (Wildman–Crippen LogP) is 3.55. The van der Waals surface area contributed by atoms with Gasteiger partial charge in [0, 0.05) is 31.2 Å². The fourth-order valence-corrected chi connectivity index (χ4v) is 2.49. The van der Waals surface area contributed by atoms with Gasteiger partial charge < -0.3 is 10.6 Å². The lowest BCUT2D eigenvalue weighted by molar-refractivity contribution is -0.120. The molecule has 4 nitrogen and oxygen atoms in total. The quantitative estimate of drug-likeness (QED) is 0.696. The van der Waals surface area contributed by atoms with Gasteiger partial charge in [0.25, 0.3) is 0 Å². The molecule has 3 aromatic rings. The van der Waals surface area contributed by atoms with Gasteiger partial charge in [-0.15, -0.1) is 0 Å². The zero-order chi connectivity index (χ0) is 17.3. The van der Waals surface area contributed by atoms with E-state index in [0.29, 0.717) is 13.0 Å². The predicted molar refractivity (Wildman–Crippen MR) is 100.0 cm³/mol. The van der Waals surface area contributed by atoms with Crippen LogP contribution in [0.1, 0.15) is 16.7 Å². The number of carbonyl (C=O) groups excluding carboxylic acids is 1. The summed E-state index contributed by atoms with van der Waals surface area (Å²) in [5.41, 5.74) is 4.32. The van der Waals surface area contributed by atoms with E-state index in [1.165, 1.54) is 5.56 Å². The molecule has 25 heavy (non-hydrogen) atoms. The number of amides is 1. The Kier molecular flexibility index (Phi) is 5.77. The lowest BCUT2D eigenvalue weighted by Crippen LogP contribution is -2.24. The second-order valence-electron chi connectivity index (χ2n) is 5.85. The maximum absolute atomic E-state index is 12.0. The van der Waals surface area contributed by atoms with Gasteiger partial charge in [0.2, 0.25) is 5.91 Å². The van der Waals surface area contributed by atoms with Crippen LogP contribution in [0.4, 0.5) is 5.69 Å². The van der Waals surface area contributed by atoms with Crippen LogP contribution in [-0.2, 0) is 24.3 Å². The van der Waals surface area contributed by atoms with Gasteiger partial charge in [-0.2, -0.15) is 0 Å². The van der Waals surface area contributed by atoms with Gasteiger partial charge in [0.05, 0.1) is 6.42 Å². The largest absolute Gasteiger partial charge is 0.381 e. The number of anilines is 1. The summed E-state index contributed by atoms with van der Waals surface area (Å²) in [6, 6.07) is 21.9. The van der Waals surface area contributed by atoms with Crippen molar-refractivity contribution in [3.63, 3.8) is 0 Å². The molecule has 1 aromatic heterocycles. The highest BCUT2D eigenvalue weighted by molar-refractivity contribution is 5.78. The third-order valence-electron chi connectivity index (χ3n) is 3.90. The highest BCUT2D eigenvalue weighted by Gasteiger charge is 2.03. The summed E-state index contributed by atoms with van der Waals surface area (Å²) in [5, 5.41) is 6.31. The van der Waals surface area contributed by atoms with Crippen molar-refractivity contribution in [2.45, 2.75) is 19.5 Å². The number of hydrogen-bond acceptors (Lipinski definition) is 3.